The molecular formula is C15H24NO4P. The van der Waals surface area contributed by atoms with Gasteiger partial charge in [0.1, 0.15) is 6.61 Å². The highest BCUT2D eigenvalue weighted by Gasteiger charge is 2.17. The molecule has 6 heteroatoms. The molecule has 1 rings (SSSR count). The largest absolute Gasteiger partial charge is 0.344 e. The molecule has 0 bridgehead atoms. The van der Waals surface area contributed by atoms with E-state index in [0.717, 1.165) is 18.4 Å². The zero-order valence-corrected chi connectivity index (χ0v) is 13.4. The van der Waals surface area contributed by atoms with Gasteiger partial charge in [0.2, 0.25) is 13.8 Å². The molecule has 0 aliphatic heterocycles. The summed E-state index contributed by atoms with van der Waals surface area (Å²) in [6.07, 6.45) is 3.32. The van der Waals surface area contributed by atoms with Crippen LogP contribution in [0.25, 0.3) is 0 Å². The first-order valence-corrected chi connectivity index (χ1v) is 9.30. The Hall–Kier alpha value is -1.16. The second kappa shape index (κ2) is 9.72. The number of benzene rings is 1. The molecule has 0 saturated carbocycles. The summed E-state index contributed by atoms with van der Waals surface area (Å²) in [7, 11) is -3.05. The van der Waals surface area contributed by atoms with Gasteiger partial charge in [0.15, 0.2) is 0 Å². The molecule has 0 spiro atoms. The van der Waals surface area contributed by atoms with E-state index < -0.39 is 7.37 Å². The summed E-state index contributed by atoms with van der Waals surface area (Å²) >= 11 is 0. The van der Waals surface area contributed by atoms with Crippen molar-refractivity contribution in [3.63, 3.8) is 0 Å². The average Bonchev–Trinajstić information content (AvgIpc) is 2.49. The fraction of sp³-hybridized carbons (Fsp3) is 0.533. The van der Waals surface area contributed by atoms with Gasteiger partial charge in [0.05, 0.1) is 0 Å². The van der Waals surface area contributed by atoms with Crippen molar-refractivity contribution in [1.82, 2.24) is 5.06 Å². The molecule has 118 valence electrons. The number of hydrogen-bond donors (Lipinski definition) is 1. The molecular weight excluding hydrogens is 289 g/mol. The van der Waals surface area contributed by atoms with Crippen LogP contribution in [0, 0.1) is 0 Å². The van der Waals surface area contributed by atoms with Gasteiger partial charge < -0.3 is 4.89 Å². The summed E-state index contributed by atoms with van der Waals surface area (Å²) in [5, 5.41) is 1.19. The molecule has 0 aliphatic carbocycles. The molecule has 1 aromatic carbocycles. The van der Waals surface area contributed by atoms with Crippen LogP contribution in [0.2, 0.25) is 0 Å². The zero-order chi connectivity index (χ0) is 15.6. The van der Waals surface area contributed by atoms with E-state index in [9.17, 15) is 14.3 Å². The Morgan fingerprint density at radius 2 is 1.90 bits per heavy atom. The van der Waals surface area contributed by atoms with Gasteiger partial charge in [-0.05, 0) is 18.4 Å². The zero-order valence-electron chi connectivity index (χ0n) is 12.5. The Balaban J connectivity index is 2.28. The van der Waals surface area contributed by atoms with Gasteiger partial charge in [0, 0.05) is 18.9 Å². The predicted octanol–water partition coefficient (Wildman–Crippen LogP) is 3.04. The lowest BCUT2D eigenvalue weighted by atomic mass is 10.2. The first-order chi connectivity index (χ1) is 10.1. The van der Waals surface area contributed by atoms with Crippen molar-refractivity contribution in [3.05, 3.63) is 35.9 Å². The van der Waals surface area contributed by atoms with Crippen LogP contribution >= 0.6 is 7.37 Å². The number of amides is 1. The highest BCUT2D eigenvalue weighted by molar-refractivity contribution is 7.57. The lowest BCUT2D eigenvalue weighted by Crippen LogP contribution is -2.24. The molecule has 5 nitrogen and oxygen atoms in total. The second-order valence-corrected chi connectivity index (χ2v) is 7.59. The summed E-state index contributed by atoms with van der Waals surface area (Å²) in [4.78, 5) is 26.0. The quantitative estimate of drug-likeness (QED) is 0.387. The molecule has 0 heterocycles. The summed E-state index contributed by atoms with van der Waals surface area (Å²) < 4.78 is 11.8. The van der Waals surface area contributed by atoms with Gasteiger partial charge in [-0.1, -0.05) is 43.7 Å². The van der Waals surface area contributed by atoms with Crippen molar-refractivity contribution in [2.24, 2.45) is 0 Å². The molecule has 0 aromatic heterocycles. The Labute approximate surface area is 126 Å². The van der Waals surface area contributed by atoms with Crippen LogP contribution in [0.1, 0.15) is 31.7 Å². The first kappa shape index (κ1) is 17.9. The molecule has 0 fully saturated rings. The number of unbranched alkanes of at least 4 members (excludes halogenated alkanes) is 1. The van der Waals surface area contributed by atoms with E-state index in [1.165, 1.54) is 5.06 Å². The molecule has 0 aliphatic rings. The molecule has 0 radical (unpaired) electrons. The molecule has 21 heavy (non-hydrogen) atoms. The Morgan fingerprint density at radius 1 is 1.24 bits per heavy atom. The summed E-state index contributed by atoms with van der Waals surface area (Å²) in [5.41, 5.74) is 0.972. The van der Waals surface area contributed by atoms with Crippen molar-refractivity contribution < 1.29 is 19.1 Å². The number of nitrogens with zero attached hydrogens (tertiary/aromatic N) is 1. The van der Waals surface area contributed by atoms with Crippen molar-refractivity contribution in [3.8, 4) is 0 Å². The highest BCUT2D eigenvalue weighted by Crippen LogP contribution is 2.41. The molecule has 1 atom stereocenters. The molecule has 1 N–H and O–H groups in total. The monoisotopic (exact) mass is 313 g/mol. The Morgan fingerprint density at radius 3 is 2.52 bits per heavy atom. The van der Waals surface area contributed by atoms with Crippen molar-refractivity contribution in [1.29, 1.82) is 0 Å². The van der Waals surface area contributed by atoms with E-state index in [1.807, 2.05) is 37.3 Å². The van der Waals surface area contributed by atoms with Gasteiger partial charge in [-0.25, -0.2) is 5.06 Å². The molecule has 1 amide bonds. The fourth-order valence-electron chi connectivity index (χ4n) is 1.87. The van der Waals surface area contributed by atoms with Crippen LogP contribution in [-0.2, 0) is 20.8 Å². The summed E-state index contributed by atoms with van der Waals surface area (Å²) in [6, 6.07) is 9.54. The SMILES string of the molecule is CCCCP(=O)(O)CCCN(C=O)OCc1ccccc1. The van der Waals surface area contributed by atoms with Crippen LogP contribution in [0.3, 0.4) is 0 Å². The lowest BCUT2D eigenvalue weighted by molar-refractivity contribution is -0.177. The second-order valence-electron chi connectivity index (χ2n) is 5.01. The maximum atomic E-state index is 11.8. The summed E-state index contributed by atoms with van der Waals surface area (Å²) in [5.74, 6) is 0. The van der Waals surface area contributed by atoms with E-state index in [1.54, 1.807) is 0 Å². The lowest BCUT2D eigenvalue weighted by Gasteiger charge is -2.18. The Kier molecular flexibility index (Phi) is 8.28. The van der Waals surface area contributed by atoms with E-state index in [-0.39, 0.29) is 6.16 Å². The number of rotatable bonds is 11. The van der Waals surface area contributed by atoms with Gasteiger partial charge in [-0.15, -0.1) is 0 Å². The molecule has 0 saturated heterocycles. The number of hydroxylamine groups is 2. The van der Waals surface area contributed by atoms with Gasteiger partial charge in [0.25, 0.3) is 0 Å². The smallest absolute Gasteiger partial charge is 0.233 e. The molecule has 1 aromatic rings. The predicted molar refractivity (Wildman–Crippen MR) is 83.1 cm³/mol. The summed E-state index contributed by atoms with van der Waals surface area (Å²) in [6.45, 7) is 2.63. The van der Waals surface area contributed by atoms with Crippen molar-refractivity contribution in [2.75, 3.05) is 18.9 Å². The van der Waals surface area contributed by atoms with Crippen LogP contribution < -0.4 is 0 Å². The standard InChI is InChI=1S/C15H24NO4P/c1-2-3-11-21(18,19)12-7-10-16(14-17)20-13-15-8-5-4-6-9-15/h4-6,8-9,14H,2-3,7,10-13H2,1H3,(H,18,19). The number of hydrogen-bond acceptors (Lipinski definition) is 3. The van der Waals surface area contributed by atoms with Crippen LogP contribution in [0.15, 0.2) is 30.3 Å². The van der Waals surface area contributed by atoms with Crippen molar-refractivity contribution >= 4 is 13.8 Å². The van der Waals surface area contributed by atoms with Crippen LogP contribution in [-0.4, -0.2) is 35.2 Å². The minimum Gasteiger partial charge on any atom is -0.344 e. The highest BCUT2D eigenvalue weighted by atomic mass is 31.2. The third-order valence-corrected chi connectivity index (χ3v) is 5.13. The van der Waals surface area contributed by atoms with E-state index in [2.05, 4.69) is 0 Å². The van der Waals surface area contributed by atoms with E-state index in [0.29, 0.717) is 32.1 Å². The maximum absolute atomic E-state index is 11.8. The first-order valence-electron chi connectivity index (χ1n) is 7.27. The number of carbonyl (C=O) groups excluding carboxylic acids is 1. The minimum absolute atomic E-state index is 0.228. The average molecular weight is 313 g/mol. The normalized spacial score (nSPS) is 13.6. The fourth-order valence-corrected chi connectivity index (χ4v) is 3.54. The van der Waals surface area contributed by atoms with Gasteiger partial charge in [-0.3, -0.25) is 14.2 Å². The third kappa shape index (κ3) is 8.00. The number of carbonyl (C=O) groups is 1. The van der Waals surface area contributed by atoms with Gasteiger partial charge >= 0.3 is 0 Å². The van der Waals surface area contributed by atoms with Crippen molar-refractivity contribution in [2.45, 2.75) is 32.8 Å². The maximum Gasteiger partial charge on any atom is 0.233 e. The minimum atomic E-state index is -3.05. The Bertz CT molecular complexity index is 452. The van der Waals surface area contributed by atoms with E-state index >= 15 is 0 Å². The van der Waals surface area contributed by atoms with E-state index in [4.69, 9.17) is 4.84 Å². The van der Waals surface area contributed by atoms with Crippen LogP contribution in [0.5, 0.6) is 0 Å². The van der Waals surface area contributed by atoms with Gasteiger partial charge in [-0.2, -0.15) is 0 Å². The van der Waals surface area contributed by atoms with Crippen LogP contribution in [0.4, 0.5) is 0 Å². The molecule has 1 unspecified atom stereocenters. The topological polar surface area (TPSA) is 66.8 Å². The third-order valence-electron chi connectivity index (χ3n) is 3.10.